The van der Waals surface area contributed by atoms with Gasteiger partial charge in [-0.25, -0.2) is 0 Å². The summed E-state index contributed by atoms with van der Waals surface area (Å²) < 4.78 is 11.7. The van der Waals surface area contributed by atoms with Crippen molar-refractivity contribution in [3.05, 3.63) is 70.7 Å². The number of anilines is 1. The molecule has 0 bridgehead atoms. The largest absolute Gasteiger partial charge is 0.491 e. The molecule has 0 aliphatic rings. The molecule has 6 heteroatoms. The van der Waals surface area contributed by atoms with Gasteiger partial charge in [-0.15, -0.1) is 11.3 Å². The molecule has 0 saturated heterocycles. The number of benzene rings is 1. The van der Waals surface area contributed by atoms with Gasteiger partial charge in [0.25, 0.3) is 5.91 Å². The summed E-state index contributed by atoms with van der Waals surface area (Å²) in [5, 5.41) is 4.66. The molecule has 1 N–H and O–H groups in total. The molecule has 0 aliphatic heterocycles. The zero-order valence-corrected chi connectivity index (χ0v) is 15.5. The van der Waals surface area contributed by atoms with Gasteiger partial charge in [0.1, 0.15) is 23.0 Å². The Labute approximate surface area is 156 Å². The first-order valence-electron chi connectivity index (χ1n) is 8.29. The van der Waals surface area contributed by atoms with Crippen molar-refractivity contribution in [3.8, 4) is 11.5 Å². The van der Waals surface area contributed by atoms with Crippen LogP contribution in [-0.2, 0) is 6.61 Å². The van der Waals surface area contributed by atoms with Crippen molar-refractivity contribution in [2.75, 3.05) is 5.32 Å². The Bertz CT molecular complexity index is 862. The van der Waals surface area contributed by atoms with E-state index in [9.17, 15) is 4.79 Å². The number of ether oxygens (including phenoxy) is 2. The van der Waals surface area contributed by atoms with Crippen molar-refractivity contribution in [1.82, 2.24) is 4.98 Å². The number of rotatable bonds is 7. The third-order valence-electron chi connectivity index (χ3n) is 3.47. The molecule has 2 aromatic heterocycles. The first kappa shape index (κ1) is 17.9. The molecular formula is C20H20N2O3S. The highest BCUT2D eigenvalue weighted by Gasteiger charge is 2.16. The number of nitrogens with zero attached hydrogens (tertiary/aromatic N) is 1. The van der Waals surface area contributed by atoms with E-state index in [2.05, 4.69) is 10.3 Å². The molecule has 3 aromatic rings. The van der Waals surface area contributed by atoms with Gasteiger partial charge >= 0.3 is 0 Å². The molecule has 26 heavy (non-hydrogen) atoms. The van der Waals surface area contributed by atoms with Crippen LogP contribution in [0.3, 0.4) is 0 Å². The number of thiophene rings is 1. The lowest BCUT2D eigenvalue weighted by atomic mass is 10.2. The van der Waals surface area contributed by atoms with Crippen molar-refractivity contribution in [3.63, 3.8) is 0 Å². The smallest absolute Gasteiger partial charge is 0.269 e. The van der Waals surface area contributed by atoms with Crippen molar-refractivity contribution in [1.29, 1.82) is 0 Å². The SMILES string of the molecule is CC(C)Oc1ccccc1COc1ccsc1C(=O)Nc1cccnc1. The monoisotopic (exact) mass is 368 g/mol. The van der Waals surface area contributed by atoms with Crippen molar-refractivity contribution in [2.24, 2.45) is 0 Å². The number of amides is 1. The summed E-state index contributed by atoms with van der Waals surface area (Å²) in [6.07, 6.45) is 3.34. The van der Waals surface area contributed by atoms with Crippen LogP contribution in [0.5, 0.6) is 11.5 Å². The number of hydrogen-bond acceptors (Lipinski definition) is 5. The molecule has 0 atom stereocenters. The van der Waals surface area contributed by atoms with Crippen LogP contribution in [0.15, 0.2) is 60.2 Å². The van der Waals surface area contributed by atoms with Crippen LogP contribution in [-0.4, -0.2) is 17.0 Å². The molecule has 1 aromatic carbocycles. The lowest BCUT2D eigenvalue weighted by molar-refractivity contribution is 0.102. The molecule has 0 spiro atoms. The summed E-state index contributed by atoms with van der Waals surface area (Å²) in [7, 11) is 0. The molecule has 134 valence electrons. The van der Waals surface area contributed by atoms with Gasteiger partial charge in [-0.3, -0.25) is 9.78 Å². The first-order valence-corrected chi connectivity index (χ1v) is 9.17. The normalized spacial score (nSPS) is 10.6. The fourth-order valence-corrected chi connectivity index (χ4v) is 3.08. The molecule has 0 aliphatic carbocycles. The Morgan fingerprint density at radius 3 is 2.77 bits per heavy atom. The fraction of sp³-hybridized carbons (Fsp3) is 0.200. The highest BCUT2D eigenvalue weighted by Crippen LogP contribution is 2.28. The molecule has 5 nitrogen and oxygen atoms in total. The minimum Gasteiger partial charge on any atom is -0.491 e. The Balaban J connectivity index is 1.69. The molecule has 0 fully saturated rings. The number of carbonyl (C=O) groups is 1. The molecule has 1 amide bonds. The number of carbonyl (C=O) groups excluding carboxylic acids is 1. The number of hydrogen-bond donors (Lipinski definition) is 1. The van der Waals surface area contributed by atoms with E-state index >= 15 is 0 Å². The van der Waals surface area contributed by atoms with E-state index in [1.165, 1.54) is 11.3 Å². The van der Waals surface area contributed by atoms with Gasteiger partial charge in [-0.2, -0.15) is 0 Å². The van der Waals surface area contributed by atoms with E-state index in [0.29, 0.717) is 22.9 Å². The minimum absolute atomic E-state index is 0.0816. The second-order valence-corrected chi connectivity index (χ2v) is 6.79. The second-order valence-electron chi connectivity index (χ2n) is 5.87. The van der Waals surface area contributed by atoms with Gasteiger partial charge in [-0.1, -0.05) is 18.2 Å². The average molecular weight is 368 g/mol. The maximum absolute atomic E-state index is 12.5. The minimum atomic E-state index is -0.213. The zero-order valence-electron chi connectivity index (χ0n) is 14.6. The van der Waals surface area contributed by atoms with Gasteiger partial charge in [0.15, 0.2) is 0 Å². The lowest BCUT2D eigenvalue weighted by Gasteiger charge is -2.14. The van der Waals surface area contributed by atoms with Gasteiger partial charge in [0.05, 0.1) is 18.0 Å². The maximum atomic E-state index is 12.5. The molecule has 2 heterocycles. The van der Waals surface area contributed by atoms with Crippen LogP contribution >= 0.6 is 11.3 Å². The summed E-state index contributed by atoms with van der Waals surface area (Å²) in [6.45, 7) is 4.29. The third kappa shape index (κ3) is 4.61. The fourth-order valence-electron chi connectivity index (χ4n) is 2.35. The summed E-state index contributed by atoms with van der Waals surface area (Å²) in [4.78, 5) is 17.0. The van der Waals surface area contributed by atoms with Crippen LogP contribution < -0.4 is 14.8 Å². The van der Waals surface area contributed by atoms with Gasteiger partial charge in [-0.05, 0) is 43.5 Å². The van der Waals surface area contributed by atoms with E-state index in [-0.39, 0.29) is 12.0 Å². The molecule has 0 unspecified atom stereocenters. The standard InChI is InChI=1S/C20H20N2O3S/c1-14(2)25-17-8-4-3-6-15(17)13-24-18-9-11-26-19(18)20(23)22-16-7-5-10-21-12-16/h3-12,14H,13H2,1-2H3,(H,22,23). The first-order chi connectivity index (χ1) is 12.6. The van der Waals surface area contributed by atoms with E-state index in [1.807, 2.05) is 43.5 Å². The average Bonchev–Trinajstić information content (AvgIpc) is 3.10. The molecular weight excluding hydrogens is 348 g/mol. The van der Waals surface area contributed by atoms with E-state index in [0.717, 1.165) is 11.3 Å². The topological polar surface area (TPSA) is 60.5 Å². The molecule has 0 saturated carbocycles. The molecule has 0 radical (unpaired) electrons. The van der Waals surface area contributed by atoms with Gasteiger partial charge < -0.3 is 14.8 Å². The number of para-hydroxylation sites is 1. The van der Waals surface area contributed by atoms with Crippen molar-refractivity contribution >= 4 is 22.9 Å². The predicted octanol–water partition coefficient (Wildman–Crippen LogP) is 4.76. The summed E-state index contributed by atoms with van der Waals surface area (Å²) in [6, 6.07) is 13.1. The quantitative estimate of drug-likeness (QED) is 0.653. The summed E-state index contributed by atoms with van der Waals surface area (Å²) >= 11 is 1.34. The van der Waals surface area contributed by atoms with Crippen LogP contribution in [0.2, 0.25) is 0 Å². The number of nitrogens with one attached hydrogen (secondary N) is 1. The van der Waals surface area contributed by atoms with Gasteiger partial charge in [0.2, 0.25) is 0 Å². The van der Waals surface area contributed by atoms with Crippen molar-refractivity contribution < 1.29 is 14.3 Å². The Morgan fingerprint density at radius 1 is 1.15 bits per heavy atom. The van der Waals surface area contributed by atoms with E-state index in [1.54, 1.807) is 30.6 Å². The highest BCUT2D eigenvalue weighted by atomic mass is 32.1. The highest BCUT2D eigenvalue weighted by molar-refractivity contribution is 7.12. The van der Waals surface area contributed by atoms with Crippen molar-refractivity contribution in [2.45, 2.75) is 26.6 Å². The summed E-state index contributed by atoms with van der Waals surface area (Å²) in [5.41, 5.74) is 1.58. The lowest BCUT2D eigenvalue weighted by Crippen LogP contribution is -2.12. The summed E-state index contributed by atoms with van der Waals surface area (Å²) in [5.74, 6) is 1.13. The Hall–Kier alpha value is -2.86. The third-order valence-corrected chi connectivity index (χ3v) is 4.37. The molecule has 3 rings (SSSR count). The second kappa shape index (κ2) is 8.49. The Kier molecular flexibility index (Phi) is 5.86. The van der Waals surface area contributed by atoms with Gasteiger partial charge in [0, 0.05) is 11.8 Å². The van der Waals surface area contributed by atoms with Crippen LogP contribution in [0.4, 0.5) is 5.69 Å². The van der Waals surface area contributed by atoms with E-state index < -0.39 is 0 Å². The number of pyridine rings is 1. The predicted molar refractivity (Wildman–Crippen MR) is 103 cm³/mol. The Morgan fingerprint density at radius 2 is 2.00 bits per heavy atom. The number of aromatic nitrogens is 1. The van der Waals surface area contributed by atoms with Crippen LogP contribution in [0.25, 0.3) is 0 Å². The van der Waals surface area contributed by atoms with E-state index in [4.69, 9.17) is 9.47 Å². The zero-order chi connectivity index (χ0) is 18.4. The van der Waals surface area contributed by atoms with Crippen LogP contribution in [0.1, 0.15) is 29.1 Å². The maximum Gasteiger partial charge on any atom is 0.269 e. The van der Waals surface area contributed by atoms with Crippen LogP contribution in [0, 0.1) is 0 Å².